The first-order chi connectivity index (χ1) is 4.57. The van der Waals surface area contributed by atoms with Crippen LogP contribution in [0.3, 0.4) is 0 Å². The maximum Gasteiger partial charge on any atom is 0.0744 e. The molecule has 0 atom stereocenters. The Morgan fingerprint density at radius 2 is 1.90 bits per heavy atom. The number of allylic oxidation sites excluding steroid dienone is 3. The van der Waals surface area contributed by atoms with Crippen molar-refractivity contribution >= 4 is 11.9 Å². The van der Waals surface area contributed by atoms with Gasteiger partial charge in [0.05, 0.1) is 5.71 Å². The Morgan fingerprint density at radius 3 is 2.20 bits per heavy atom. The SMILES string of the molecule is C=C(C)/C=C(\C)C(=N)C=N. The molecule has 10 heavy (non-hydrogen) atoms. The summed E-state index contributed by atoms with van der Waals surface area (Å²) >= 11 is 0. The van der Waals surface area contributed by atoms with E-state index in [4.69, 9.17) is 10.8 Å². The molecule has 0 aliphatic rings. The van der Waals surface area contributed by atoms with E-state index in [1.54, 1.807) is 13.0 Å². The zero-order valence-electron chi connectivity index (χ0n) is 6.36. The average Bonchev–Trinajstić information content (AvgIpc) is 1.85. The first kappa shape index (κ1) is 8.82. The summed E-state index contributed by atoms with van der Waals surface area (Å²) in [5, 5.41) is 13.9. The molecule has 0 heterocycles. The molecule has 2 heteroatoms. The Balaban J connectivity index is 4.33. The maximum absolute atomic E-state index is 7.18. The van der Waals surface area contributed by atoms with Crippen molar-refractivity contribution in [1.29, 1.82) is 10.8 Å². The molecule has 0 radical (unpaired) electrons. The van der Waals surface area contributed by atoms with Crippen molar-refractivity contribution in [1.82, 2.24) is 0 Å². The molecule has 0 saturated heterocycles. The lowest BCUT2D eigenvalue weighted by Gasteiger charge is -1.95. The molecule has 0 unspecified atom stereocenters. The van der Waals surface area contributed by atoms with Crippen LogP contribution in [0.5, 0.6) is 0 Å². The van der Waals surface area contributed by atoms with Gasteiger partial charge in [0.2, 0.25) is 0 Å². The van der Waals surface area contributed by atoms with E-state index in [1.807, 2.05) is 6.92 Å². The molecule has 2 nitrogen and oxygen atoms in total. The Hall–Kier alpha value is -1.18. The molecule has 0 amide bonds. The molecule has 0 aromatic heterocycles. The zero-order valence-corrected chi connectivity index (χ0v) is 6.36. The summed E-state index contributed by atoms with van der Waals surface area (Å²) in [5.74, 6) is 0. The third-order valence-corrected chi connectivity index (χ3v) is 1.03. The van der Waals surface area contributed by atoms with Crippen LogP contribution in [-0.2, 0) is 0 Å². The fraction of sp³-hybridized carbons (Fsp3) is 0.250. The minimum absolute atomic E-state index is 0.239. The van der Waals surface area contributed by atoms with E-state index in [1.165, 1.54) is 0 Å². The standard InChI is InChI=1S/C8H12N2/c1-6(2)4-7(3)8(10)5-9/h4-5,9-10H,1H2,2-3H3/b7-4+,9-5?,10-8?. The molecule has 0 aromatic carbocycles. The Kier molecular flexibility index (Phi) is 3.33. The Bertz CT molecular complexity index is 199. The van der Waals surface area contributed by atoms with Gasteiger partial charge in [-0.3, -0.25) is 5.41 Å². The minimum atomic E-state index is 0.239. The van der Waals surface area contributed by atoms with Gasteiger partial charge < -0.3 is 5.41 Å². The van der Waals surface area contributed by atoms with Crippen LogP contribution >= 0.6 is 0 Å². The Morgan fingerprint density at radius 1 is 1.40 bits per heavy atom. The van der Waals surface area contributed by atoms with Crippen LogP contribution in [0.25, 0.3) is 0 Å². The van der Waals surface area contributed by atoms with Gasteiger partial charge in [-0.05, 0) is 19.4 Å². The van der Waals surface area contributed by atoms with Crippen molar-refractivity contribution in [2.75, 3.05) is 0 Å². The number of hydrogen-bond donors (Lipinski definition) is 2. The summed E-state index contributed by atoms with van der Waals surface area (Å²) in [6, 6.07) is 0. The fourth-order valence-corrected chi connectivity index (χ4v) is 0.561. The van der Waals surface area contributed by atoms with Gasteiger partial charge >= 0.3 is 0 Å². The van der Waals surface area contributed by atoms with E-state index >= 15 is 0 Å². The minimum Gasteiger partial charge on any atom is -0.307 e. The van der Waals surface area contributed by atoms with E-state index in [9.17, 15) is 0 Å². The van der Waals surface area contributed by atoms with E-state index in [2.05, 4.69) is 6.58 Å². The second-order valence-corrected chi connectivity index (χ2v) is 2.23. The highest BCUT2D eigenvalue weighted by Gasteiger charge is 1.92. The average molecular weight is 136 g/mol. The first-order valence-corrected chi connectivity index (χ1v) is 3.01. The van der Waals surface area contributed by atoms with Gasteiger partial charge in [-0.1, -0.05) is 18.2 Å². The summed E-state index contributed by atoms with van der Waals surface area (Å²) in [4.78, 5) is 0. The van der Waals surface area contributed by atoms with Gasteiger partial charge in [0.1, 0.15) is 0 Å². The molecule has 0 aliphatic carbocycles. The van der Waals surface area contributed by atoms with Gasteiger partial charge in [0, 0.05) is 6.21 Å². The highest BCUT2D eigenvalue weighted by Crippen LogP contribution is 1.98. The quantitative estimate of drug-likeness (QED) is 0.441. The molecule has 2 N–H and O–H groups in total. The van der Waals surface area contributed by atoms with Gasteiger partial charge in [-0.25, -0.2) is 0 Å². The largest absolute Gasteiger partial charge is 0.307 e. The van der Waals surface area contributed by atoms with E-state index in [0.29, 0.717) is 0 Å². The molecule has 0 aromatic rings. The van der Waals surface area contributed by atoms with Crippen molar-refractivity contribution < 1.29 is 0 Å². The van der Waals surface area contributed by atoms with Crippen molar-refractivity contribution in [3.63, 3.8) is 0 Å². The van der Waals surface area contributed by atoms with E-state index in [-0.39, 0.29) is 5.71 Å². The lowest BCUT2D eigenvalue weighted by atomic mass is 10.1. The first-order valence-electron chi connectivity index (χ1n) is 3.01. The van der Waals surface area contributed by atoms with Crippen LogP contribution in [0.2, 0.25) is 0 Å². The molecule has 0 spiro atoms. The van der Waals surface area contributed by atoms with Crippen LogP contribution in [-0.4, -0.2) is 11.9 Å². The molecular weight excluding hydrogens is 124 g/mol. The molecule has 0 bridgehead atoms. The van der Waals surface area contributed by atoms with Gasteiger partial charge in [0.15, 0.2) is 0 Å². The smallest absolute Gasteiger partial charge is 0.0744 e. The maximum atomic E-state index is 7.18. The van der Waals surface area contributed by atoms with Crippen LogP contribution in [0.4, 0.5) is 0 Å². The summed E-state index contributed by atoms with van der Waals surface area (Å²) in [7, 11) is 0. The second kappa shape index (κ2) is 3.77. The summed E-state index contributed by atoms with van der Waals surface area (Å²) in [5.41, 5.74) is 1.93. The molecule has 0 saturated carbocycles. The van der Waals surface area contributed by atoms with Crippen LogP contribution in [0.1, 0.15) is 13.8 Å². The fourth-order valence-electron chi connectivity index (χ4n) is 0.561. The predicted octanol–water partition coefficient (Wildman–Crippen LogP) is 2.18. The molecule has 0 rings (SSSR count). The summed E-state index contributed by atoms with van der Waals surface area (Å²) in [6.07, 6.45) is 2.81. The zero-order chi connectivity index (χ0) is 8.15. The third kappa shape index (κ3) is 2.97. The molecule has 0 aliphatic heterocycles. The topological polar surface area (TPSA) is 47.7 Å². The lowest BCUT2D eigenvalue weighted by Crippen LogP contribution is -1.97. The molecular formula is C8H12N2. The number of nitrogens with one attached hydrogen (secondary N) is 2. The van der Waals surface area contributed by atoms with Crippen LogP contribution < -0.4 is 0 Å². The van der Waals surface area contributed by atoms with Gasteiger partial charge in [-0.2, -0.15) is 0 Å². The van der Waals surface area contributed by atoms with Crippen molar-refractivity contribution in [3.8, 4) is 0 Å². The van der Waals surface area contributed by atoms with Crippen LogP contribution in [0, 0.1) is 10.8 Å². The predicted molar refractivity (Wildman–Crippen MR) is 45.1 cm³/mol. The van der Waals surface area contributed by atoms with Crippen LogP contribution in [0.15, 0.2) is 23.8 Å². The van der Waals surface area contributed by atoms with E-state index < -0.39 is 0 Å². The normalized spacial score (nSPS) is 10.8. The summed E-state index contributed by atoms with van der Waals surface area (Å²) in [6.45, 7) is 7.32. The number of hydrogen-bond acceptors (Lipinski definition) is 2. The van der Waals surface area contributed by atoms with Crippen molar-refractivity contribution in [2.45, 2.75) is 13.8 Å². The number of rotatable bonds is 3. The monoisotopic (exact) mass is 136 g/mol. The van der Waals surface area contributed by atoms with Gasteiger partial charge in [0.25, 0.3) is 0 Å². The Labute approximate surface area is 61.3 Å². The second-order valence-electron chi connectivity index (χ2n) is 2.23. The molecule has 54 valence electrons. The lowest BCUT2D eigenvalue weighted by molar-refractivity contribution is 1.43. The highest BCUT2D eigenvalue weighted by atomic mass is 14.5. The van der Waals surface area contributed by atoms with Crippen molar-refractivity contribution in [2.24, 2.45) is 0 Å². The highest BCUT2D eigenvalue weighted by molar-refractivity contribution is 6.35. The molecule has 0 fully saturated rings. The summed E-state index contributed by atoms with van der Waals surface area (Å²) < 4.78 is 0. The van der Waals surface area contributed by atoms with Gasteiger partial charge in [-0.15, -0.1) is 0 Å². The van der Waals surface area contributed by atoms with E-state index in [0.717, 1.165) is 17.4 Å². The third-order valence-electron chi connectivity index (χ3n) is 1.03. The van der Waals surface area contributed by atoms with Crippen molar-refractivity contribution in [3.05, 3.63) is 23.8 Å².